The number of carbonyl (C=O) groups excluding carboxylic acids is 1. The molecule has 0 saturated heterocycles. The lowest BCUT2D eigenvalue weighted by atomic mass is 10.0. The molecular weight excluding hydrogens is 186 g/mol. The van der Waals surface area contributed by atoms with E-state index in [4.69, 9.17) is 0 Å². The van der Waals surface area contributed by atoms with Gasteiger partial charge >= 0.3 is 0 Å². The van der Waals surface area contributed by atoms with E-state index in [0.29, 0.717) is 0 Å². The number of para-hydroxylation sites is 1. The molecule has 0 atom stereocenters. The highest BCUT2D eigenvalue weighted by molar-refractivity contribution is 6.08. The summed E-state index contributed by atoms with van der Waals surface area (Å²) in [7, 11) is 1.97. The molecule has 1 aromatic heterocycles. The van der Waals surface area contributed by atoms with Gasteiger partial charge in [0, 0.05) is 35.6 Å². The van der Waals surface area contributed by atoms with Crippen LogP contribution in [0.25, 0.3) is 10.9 Å². The molecule has 0 fully saturated rings. The van der Waals surface area contributed by atoms with E-state index in [0.717, 1.165) is 16.5 Å². The number of benzene rings is 1. The second-order valence-corrected chi connectivity index (χ2v) is 4.19. The molecule has 0 aliphatic carbocycles. The van der Waals surface area contributed by atoms with Crippen molar-refractivity contribution in [2.45, 2.75) is 13.8 Å². The van der Waals surface area contributed by atoms with Crippen LogP contribution in [-0.4, -0.2) is 10.4 Å². The molecule has 2 aromatic rings. The third kappa shape index (κ3) is 1.56. The second-order valence-electron chi connectivity index (χ2n) is 4.19. The normalized spacial score (nSPS) is 11.2. The number of fused-ring (bicyclic) bond motifs is 1. The molecule has 78 valence electrons. The first-order valence-corrected chi connectivity index (χ1v) is 5.19. The summed E-state index contributed by atoms with van der Waals surface area (Å²) in [6.45, 7) is 3.87. The maximum atomic E-state index is 12.0. The van der Waals surface area contributed by atoms with Crippen LogP contribution >= 0.6 is 0 Å². The van der Waals surface area contributed by atoms with Crippen molar-refractivity contribution in [1.82, 2.24) is 4.57 Å². The molecule has 0 saturated carbocycles. The number of nitrogens with zero attached hydrogens (tertiary/aromatic N) is 1. The summed E-state index contributed by atoms with van der Waals surface area (Å²) in [5, 5.41) is 1.05. The van der Waals surface area contributed by atoms with Gasteiger partial charge in [0.15, 0.2) is 5.78 Å². The van der Waals surface area contributed by atoms with Crippen LogP contribution in [0, 0.1) is 5.92 Å². The fourth-order valence-corrected chi connectivity index (χ4v) is 1.85. The highest BCUT2D eigenvalue weighted by Gasteiger charge is 2.15. The van der Waals surface area contributed by atoms with Crippen LogP contribution in [0.3, 0.4) is 0 Å². The van der Waals surface area contributed by atoms with Gasteiger partial charge in [0.1, 0.15) is 0 Å². The quantitative estimate of drug-likeness (QED) is 0.684. The smallest absolute Gasteiger partial charge is 0.167 e. The Morgan fingerprint density at radius 3 is 2.60 bits per heavy atom. The molecule has 0 unspecified atom stereocenters. The molecule has 2 nitrogen and oxygen atoms in total. The van der Waals surface area contributed by atoms with Crippen molar-refractivity contribution in [2.75, 3.05) is 0 Å². The number of hydrogen-bond donors (Lipinski definition) is 0. The average Bonchev–Trinajstić information content (AvgIpc) is 2.56. The number of ketones is 1. The van der Waals surface area contributed by atoms with Gasteiger partial charge in [0.05, 0.1) is 0 Å². The molecule has 0 aliphatic heterocycles. The highest BCUT2D eigenvalue weighted by atomic mass is 16.1. The van der Waals surface area contributed by atoms with Crippen molar-refractivity contribution < 1.29 is 4.79 Å². The summed E-state index contributed by atoms with van der Waals surface area (Å²) in [6, 6.07) is 8.00. The lowest BCUT2D eigenvalue weighted by Crippen LogP contribution is -2.06. The second kappa shape index (κ2) is 3.54. The lowest BCUT2D eigenvalue weighted by Gasteiger charge is -2.01. The zero-order valence-corrected chi connectivity index (χ0v) is 9.32. The van der Waals surface area contributed by atoms with Crippen molar-refractivity contribution in [1.29, 1.82) is 0 Å². The summed E-state index contributed by atoms with van der Waals surface area (Å²) in [5.41, 5.74) is 1.95. The molecular formula is C13H15NO. The minimum absolute atomic E-state index is 0.0517. The first kappa shape index (κ1) is 9.97. The van der Waals surface area contributed by atoms with Gasteiger partial charge < -0.3 is 4.57 Å². The topological polar surface area (TPSA) is 22.0 Å². The van der Waals surface area contributed by atoms with Crippen molar-refractivity contribution in [3.05, 3.63) is 36.0 Å². The molecule has 15 heavy (non-hydrogen) atoms. The minimum atomic E-state index is 0.0517. The summed E-state index contributed by atoms with van der Waals surface area (Å²) < 4.78 is 2.00. The van der Waals surface area contributed by atoms with E-state index in [1.807, 2.05) is 55.9 Å². The highest BCUT2D eigenvalue weighted by Crippen LogP contribution is 2.22. The van der Waals surface area contributed by atoms with Crippen molar-refractivity contribution in [3.8, 4) is 0 Å². The molecule has 1 heterocycles. The van der Waals surface area contributed by atoms with Crippen molar-refractivity contribution in [2.24, 2.45) is 13.0 Å². The molecule has 1 aromatic carbocycles. The van der Waals surface area contributed by atoms with Gasteiger partial charge in [-0.1, -0.05) is 32.0 Å². The number of aromatic nitrogens is 1. The predicted molar refractivity (Wildman–Crippen MR) is 62.1 cm³/mol. The fourth-order valence-electron chi connectivity index (χ4n) is 1.85. The Labute approximate surface area is 89.5 Å². The van der Waals surface area contributed by atoms with E-state index >= 15 is 0 Å². The average molecular weight is 201 g/mol. The monoisotopic (exact) mass is 201 g/mol. The van der Waals surface area contributed by atoms with Gasteiger partial charge in [-0.05, 0) is 6.07 Å². The Hall–Kier alpha value is -1.57. The SMILES string of the molecule is CC(C)C(=O)c1cn(C)c2ccccc12. The first-order chi connectivity index (χ1) is 7.11. The van der Waals surface area contributed by atoms with Gasteiger partial charge in [0.25, 0.3) is 0 Å². The fraction of sp³-hybridized carbons (Fsp3) is 0.308. The Balaban J connectivity index is 2.67. The lowest BCUT2D eigenvalue weighted by molar-refractivity contribution is 0.0941. The van der Waals surface area contributed by atoms with Crippen molar-refractivity contribution >= 4 is 16.7 Å². The van der Waals surface area contributed by atoms with Gasteiger partial charge in [-0.2, -0.15) is 0 Å². The van der Waals surface area contributed by atoms with Crippen LogP contribution < -0.4 is 0 Å². The third-order valence-electron chi connectivity index (χ3n) is 2.69. The molecule has 0 N–H and O–H groups in total. The summed E-state index contributed by atoms with van der Waals surface area (Å²) in [6.07, 6.45) is 1.92. The Morgan fingerprint density at radius 2 is 1.93 bits per heavy atom. The molecule has 0 radical (unpaired) electrons. The van der Waals surface area contributed by atoms with Crippen LogP contribution in [0.5, 0.6) is 0 Å². The molecule has 0 bridgehead atoms. The molecule has 0 amide bonds. The van der Waals surface area contributed by atoms with Crippen LogP contribution in [0.4, 0.5) is 0 Å². The number of carbonyl (C=O) groups is 1. The van der Waals surface area contributed by atoms with E-state index in [2.05, 4.69) is 0 Å². The zero-order valence-electron chi connectivity index (χ0n) is 9.32. The number of hydrogen-bond acceptors (Lipinski definition) is 1. The Kier molecular flexibility index (Phi) is 2.35. The zero-order chi connectivity index (χ0) is 11.0. The molecule has 2 rings (SSSR count). The maximum Gasteiger partial charge on any atom is 0.167 e. The van der Waals surface area contributed by atoms with Crippen LogP contribution in [0.1, 0.15) is 24.2 Å². The van der Waals surface area contributed by atoms with Crippen molar-refractivity contribution in [3.63, 3.8) is 0 Å². The van der Waals surface area contributed by atoms with E-state index < -0.39 is 0 Å². The number of rotatable bonds is 2. The Bertz CT molecular complexity index is 508. The first-order valence-electron chi connectivity index (χ1n) is 5.19. The number of aryl methyl sites for hydroxylation is 1. The Morgan fingerprint density at radius 1 is 1.27 bits per heavy atom. The van der Waals surface area contributed by atoms with Gasteiger partial charge in [0.2, 0.25) is 0 Å². The van der Waals surface area contributed by atoms with E-state index in [9.17, 15) is 4.79 Å². The van der Waals surface area contributed by atoms with Crippen LogP contribution in [0.15, 0.2) is 30.5 Å². The van der Waals surface area contributed by atoms with E-state index in [1.54, 1.807) is 0 Å². The van der Waals surface area contributed by atoms with Crippen LogP contribution in [0.2, 0.25) is 0 Å². The summed E-state index contributed by atoms with van der Waals surface area (Å²) in [4.78, 5) is 12.0. The minimum Gasteiger partial charge on any atom is -0.350 e. The van der Waals surface area contributed by atoms with Crippen LogP contribution in [-0.2, 0) is 7.05 Å². The summed E-state index contributed by atoms with van der Waals surface area (Å²) >= 11 is 0. The molecule has 0 spiro atoms. The predicted octanol–water partition coefficient (Wildman–Crippen LogP) is 3.02. The number of Topliss-reactive ketones (excluding diaryl/α,β-unsaturated/α-hetero) is 1. The molecule has 0 aliphatic rings. The standard InChI is InChI=1S/C13H15NO/c1-9(2)13(15)11-8-14(3)12-7-5-4-6-10(11)12/h4-9H,1-3H3. The largest absolute Gasteiger partial charge is 0.350 e. The maximum absolute atomic E-state index is 12.0. The van der Waals surface area contributed by atoms with Gasteiger partial charge in [-0.3, -0.25) is 4.79 Å². The van der Waals surface area contributed by atoms with Gasteiger partial charge in [-0.15, -0.1) is 0 Å². The molecule has 2 heteroatoms. The van der Waals surface area contributed by atoms with E-state index in [-0.39, 0.29) is 11.7 Å². The van der Waals surface area contributed by atoms with E-state index in [1.165, 1.54) is 0 Å². The third-order valence-corrected chi connectivity index (χ3v) is 2.69. The van der Waals surface area contributed by atoms with Gasteiger partial charge in [-0.25, -0.2) is 0 Å². The summed E-state index contributed by atoms with van der Waals surface area (Å²) in [5.74, 6) is 0.266.